The van der Waals surface area contributed by atoms with Gasteiger partial charge in [-0.1, -0.05) is 44.2 Å². The minimum absolute atomic E-state index is 0.269. The molecule has 0 aliphatic carbocycles. The molecule has 2 aromatic carbocycles. The number of aryl methyl sites for hydroxylation is 2. The van der Waals surface area contributed by atoms with Gasteiger partial charge in [-0.3, -0.25) is 14.1 Å². The number of rotatable bonds is 4. The Labute approximate surface area is 196 Å². The number of nitrogens with zero attached hydrogens (tertiary/aromatic N) is 2. The van der Waals surface area contributed by atoms with Crippen molar-refractivity contribution in [3.8, 4) is 33.8 Å². The molecule has 0 bridgehead atoms. The van der Waals surface area contributed by atoms with Gasteiger partial charge in [-0.25, -0.2) is 4.98 Å². The van der Waals surface area contributed by atoms with Gasteiger partial charge in [-0.05, 0) is 66.8 Å². The van der Waals surface area contributed by atoms with Crippen molar-refractivity contribution in [2.45, 2.75) is 44.4 Å². The average molecular weight is 460 g/mol. The lowest BCUT2D eigenvalue weighted by Crippen LogP contribution is -2.13. The second-order valence-electron chi connectivity index (χ2n) is 9.04. The molecule has 170 valence electrons. The molecule has 0 radical (unpaired) electrons. The average Bonchev–Trinajstić information content (AvgIpc) is 3.25. The Hall–Kier alpha value is -2.93. The lowest BCUT2D eigenvalue weighted by molar-refractivity contribution is 0.478. The van der Waals surface area contributed by atoms with E-state index >= 15 is 0 Å². The van der Waals surface area contributed by atoms with Crippen molar-refractivity contribution >= 4 is 10.6 Å². The Morgan fingerprint density at radius 3 is 2.45 bits per heavy atom. The number of hydrogen-bond donors (Lipinski definition) is 3. The standard InChI is InChI=1S/C27H29N3O2S/c1-17(2)27-29-25(26(30-27)23-11-4-7-18(3)28-23)22-9-5-8-19(16-22)20-12-13-24-21(15-20)10-6-14-33(24,31)32/h4-5,7-9,11-13,15-17,31-32H,6,10,14H2,1-3H3,(H,29,30). The van der Waals surface area contributed by atoms with Crippen molar-refractivity contribution in [1.82, 2.24) is 15.0 Å². The second kappa shape index (κ2) is 8.45. The molecule has 3 heterocycles. The van der Waals surface area contributed by atoms with Crippen molar-refractivity contribution in [2.24, 2.45) is 0 Å². The van der Waals surface area contributed by atoms with Crippen molar-refractivity contribution in [3.05, 3.63) is 77.7 Å². The summed E-state index contributed by atoms with van der Waals surface area (Å²) in [5, 5.41) is 0. The molecule has 1 aliphatic heterocycles. The second-order valence-corrected chi connectivity index (χ2v) is 11.2. The molecule has 0 fully saturated rings. The highest BCUT2D eigenvalue weighted by Crippen LogP contribution is 2.53. The Morgan fingerprint density at radius 1 is 0.909 bits per heavy atom. The number of pyridine rings is 1. The highest BCUT2D eigenvalue weighted by molar-refractivity contribution is 8.24. The van der Waals surface area contributed by atoms with Crippen LogP contribution in [-0.2, 0) is 6.42 Å². The Morgan fingerprint density at radius 2 is 1.67 bits per heavy atom. The summed E-state index contributed by atoms with van der Waals surface area (Å²) in [5.74, 6) is 1.67. The molecular formula is C27H29N3O2S. The Kier molecular flexibility index (Phi) is 5.60. The topological polar surface area (TPSA) is 82.0 Å². The summed E-state index contributed by atoms with van der Waals surface area (Å²) in [4.78, 5) is 13.9. The van der Waals surface area contributed by atoms with E-state index in [0.29, 0.717) is 10.6 Å². The summed E-state index contributed by atoms with van der Waals surface area (Å²) in [6.07, 6.45) is 1.68. The first-order valence-corrected chi connectivity index (χ1v) is 13.1. The molecule has 6 heteroatoms. The van der Waals surface area contributed by atoms with Crippen molar-refractivity contribution in [3.63, 3.8) is 0 Å². The van der Waals surface area contributed by atoms with Gasteiger partial charge >= 0.3 is 0 Å². The van der Waals surface area contributed by atoms with Gasteiger partial charge in [-0.2, -0.15) is 10.6 Å². The summed E-state index contributed by atoms with van der Waals surface area (Å²) < 4.78 is 20.8. The Bertz CT molecular complexity index is 1330. The maximum Gasteiger partial charge on any atom is 0.109 e. The van der Waals surface area contributed by atoms with Gasteiger partial charge in [0.05, 0.1) is 22.0 Å². The summed E-state index contributed by atoms with van der Waals surface area (Å²) >= 11 is 0. The van der Waals surface area contributed by atoms with Gasteiger partial charge < -0.3 is 4.98 Å². The van der Waals surface area contributed by atoms with E-state index < -0.39 is 10.6 Å². The lowest BCUT2D eigenvalue weighted by atomic mass is 9.98. The largest absolute Gasteiger partial charge is 0.340 e. The molecule has 33 heavy (non-hydrogen) atoms. The molecule has 4 aromatic rings. The van der Waals surface area contributed by atoms with E-state index in [0.717, 1.165) is 63.7 Å². The normalized spacial score (nSPS) is 15.9. The highest BCUT2D eigenvalue weighted by Gasteiger charge is 2.24. The zero-order chi connectivity index (χ0) is 23.2. The van der Waals surface area contributed by atoms with Crippen LogP contribution in [0.3, 0.4) is 0 Å². The van der Waals surface area contributed by atoms with Crippen LogP contribution in [0.25, 0.3) is 33.8 Å². The van der Waals surface area contributed by atoms with Crippen LogP contribution in [0, 0.1) is 6.92 Å². The number of hydrogen-bond acceptors (Lipinski definition) is 4. The zero-order valence-corrected chi connectivity index (χ0v) is 20.0. The van der Waals surface area contributed by atoms with Crippen LogP contribution in [0.5, 0.6) is 0 Å². The zero-order valence-electron chi connectivity index (χ0n) is 19.2. The molecule has 0 saturated heterocycles. The quantitative estimate of drug-likeness (QED) is 0.299. The predicted octanol–water partition coefficient (Wildman–Crippen LogP) is 7.29. The van der Waals surface area contributed by atoms with Gasteiger partial charge in [0.2, 0.25) is 0 Å². The van der Waals surface area contributed by atoms with Crippen LogP contribution in [0.15, 0.2) is 65.6 Å². The number of H-pyrrole nitrogens is 1. The number of fused-ring (bicyclic) bond motifs is 1. The summed E-state index contributed by atoms with van der Waals surface area (Å²) in [6.45, 7) is 6.25. The first kappa shape index (κ1) is 21.9. The van der Waals surface area contributed by atoms with Crippen molar-refractivity contribution in [1.29, 1.82) is 0 Å². The third kappa shape index (κ3) is 4.22. The Balaban J connectivity index is 1.59. The number of benzene rings is 2. The van der Waals surface area contributed by atoms with E-state index in [4.69, 9.17) is 9.97 Å². The van der Waals surface area contributed by atoms with Gasteiger partial charge in [0, 0.05) is 22.9 Å². The van der Waals surface area contributed by atoms with Crippen LogP contribution in [0.4, 0.5) is 0 Å². The third-order valence-corrected chi connectivity index (χ3v) is 8.13. The fourth-order valence-corrected chi connectivity index (χ4v) is 6.07. The fraction of sp³-hybridized carbons (Fsp3) is 0.259. The van der Waals surface area contributed by atoms with Crippen molar-refractivity contribution in [2.75, 3.05) is 5.75 Å². The van der Waals surface area contributed by atoms with Crippen LogP contribution < -0.4 is 0 Å². The first-order chi connectivity index (χ1) is 15.8. The molecule has 0 atom stereocenters. The van der Waals surface area contributed by atoms with E-state index in [9.17, 15) is 9.11 Å². The van der Waals surface area contributed by atoms with Gasteiger partial charge in [0.25, 0.3) is 0 Å². The highest BCUT2D eigenvalue weighted by atomic mass is 32.3. The van der Waals surface area contributed by atoms with Crippen LogP contribution in [0.1, 0.15) is 43.3 Å². The molecule has 0 unspecified atom stereocenters. The maximum absolute atomic E-state index is 10.4. The molecule has 5 rings (SSSR count). The van der Waals surface area contributed by atoms with Crippen LogP contribution in [0.2, 0.25) is 0 Å². The van der Waals surface area contributed by atoms with E-state index in [2.05, 4.69) is 49.2 Å². The van der Waals surface area contributed by atoms with Crippen LogP contribution in [-0.4, -0.2) is 29.8 Å². The fourth-order valence-electron chi connectivity index (χ4n) is 4.43. The lowest BCUT2D eigenvalue weighted by Gasteiger charge is -2.37. The van der Waals surface area contributed by atoms with E-state index in [-0.39, 0.29) is 5.92 Å². The summed E-state index contributed by atoms with van der Waals surface area (Å²) in [5.41, 5.74) is 7.88. The molecule has 1 aliphatic rings. The van der Waals surface area contributed by atoms with Gasteiger partial charge in [0.15, 0.2) is 0 Å². The summed E-state index contributed by atoms with van der Waals surface area (Å²) in [7, 11) is -2.66. The molecule has 0 amide bonds. The molecule has 0 saturated carbocycles. The van der Waals surface area contributed by atoms with E-state index in [1.807, 2.05) is 37.3 Å². The minimum atomic E-state index is -2.66. The SMILES string of the molecule is Cc1cccc(-c2[nH]c(C(C)C)nc2-c2cccc(-c3ccc4c(c3)CCCS4(O)O)c2)n1. The molecule has 3 N–H and O–H groups in total. The number of nitrogens with one attached hydrogen (secondary N) is 1. The smallest absolute Gasteiger partial charge is 0.109 e. The number of imidazole rings is 1. The monoisotopic (exact) mass is 459 g/mol. The molecular weight excluding hydrogens is 430 g/mol. The van der Waals surface area contributed by atoms with Crippen LogP contribution >= 0.6 is 10.6 Å². The first-order valence-electron chi connectivity index (χ1n) is 11.4. The van der Waals surface area contributed by atoms with E-state index in [1.165, 1.54) is 0 Å². The van der Waals surface area contributed by atoms with E-state index in [1.54, 1.807) is 0 Å². The van der Waals surface area contributed by atoms with Gasteiger partial charge in [-0.15, -0.1) is 0 Å². The molecule has 2 aromatic heterocycles. The number of aromatic nitrogens is 3. The minimum Gasteiger partial charge on any atom is -0.340 e. The summed E-state index contributed by atoms with van der Waals surface area (Å²) in [6, 6.07) is 20.4. The molecule has 0 spiro atoms. The third-order valence-electron chi connectivity index (χ3n) is 6.17. The maximum atomic E-state index is 10.4. The van der Waals surface area contributed by atoms with Gasteiger partial charge in [0.1, 0.15) is 5.82 Å². The number of aromatic amines is 1. The molecule has 5 nitrogen and oxygen atoms in total. The predicted molar refractivity (Wildman–Crippen MR) is 136 cm³/mol. The van der Waals surface area contributed by atoms with Crippen molar-refractivity contribution < 1.29 is 9.11 Å².